The largest absolute Gasteiger partial charge is 0.325 e. The van der Waals surface area contributed by atoms with Crippen molar-refractivity contribution in [1.82, 2.24) is 0 Å². The topological polar surface area (TPSA) is 61.8 Å². The van der Waals surface area contributed by atoms with Crippen molar-refractivity contribution in [3.63, 3.8) is 0 Å². The maximum Gasteiger partial charge on any atom is 0.244 e. The first-order valence-corrected chi connectivity index (χ1v) is 10.4. The molecular weight excluding hydrogens is 382 g/mol. The lowest BCUT2D eigenvalue weighted by Gasteiger charge is -2.22. The number of nitrogens with one attached hydrogen (secondary N) is 1. The highest BCUT2D eigenvalue weighted by Gasteiger charge is 2.26. The summed E-state index contributed by atoms with van der Waals surface area (Å²) >= 11 is 1.55. The number of hydrogen-bond acceptors (Lipinski definition) is 4. The van der Waals surface area contributed by atoms with Gasteiger partial charge in [-0.2, -0.15) is 0 Å². The van der Waals surface area contributed by atoms with E-state index in [0.717, 1.165) is 22.7 Å². The van der Waals surface area contributed by atoms with E-state index < -0.39 is 0 Å². The van der Waals surface area contributed by atoms with E-state index in [1.165, 1.54) is 10.5 Å². The van der Waals surface area contributed by atoms with Crippen LogP contribution in [-0.4, -0.2) is 24.1 Å². The molecule has 3 aromatic rings. The molecule has 2 amide bonds. The third kappa shape index (κ3) is 4.27. The molecule has 0 spiro atoms. The Kier molecular flexibility index (Phi) is 5.53. The molecule has 0 saturated heterocycles. The summed E-state index contributed by atoms with van der Waals surface area (Å²) in [5, 5.41) is 4.85. The first-order chi connectivity index (χ1) is 14.1. The summed E-state index contributed by atoms with van der Waals surface area (Å²) in [7, 11) is 0. The molecule has 0 bridgehead atoms. The van der Waals surface area contributed by atoms with Crippen LogP contribution in [0.4, 0.5) is 17.1 Å². The summed E-state index contributed by atoms with van der Waals surface area (Å²) in [6, 6.07) is 19.1. The Hall–Kier alpha value is -3.25. The summed E-state index contributed by atoms with van der Waals surface area (Å²) < 4.78 is 0. The minimum absolute atomic E-state index is 0.0569. The lowest BCUT2D eigenvalue weighted by Crippen LogP contribution is -2.38. The van der Waals surface area contributed by atoms with Crippen molar-refractivity contribution in [2.45, 2.75) is 19.8 Å². The Morgan fingerprint density at radius 2 is 1.90 bits per heavy atom. The predicted molar refractivity (Wildman–Crippen MR) is 118 cm³/mol. The molecule has 1 aromatic heterocycles. The number of carbonyl (C=O) groups is 2. The molecule has 2 heterocycles. The number of nitrogens with zero attached hydrogens (tertiary/aromatic N) is 2. The van der Waals surface area contributed by atoms with Gasteiger partial charge in [-0.25, -0.2) is 4.99 Å². The molecule has 0 atom stereocenters. The molecule has 0 fully saturated rings. The molecule has 4 rings (SSSR count). The number of fused-ring (bicyclic) bond motifs is 1. The first-order valence-electron chi connectivity index (χ1n) is 9.53. The second kappa shape index (κ2) is 8.41. The van der Waals surface area contributed by atoms with Crippen LogP contribution in [0.5, 0.6) is 0 Å². The number of rotatable bonds is 5. The predicted octanol–water partition coefficient (Wildman–Crippen LogP) is 4.81. The highest BCUT2D eigenvalue weighted by Crippen LogP contribution is 2.33. The van der Waals surface area contributed by atoms with E-state index in [1.807, 2.05) is 66.0 Å². The van der Waals surface area contributed by atoms with E-state index in [1.54, 1.807) is 11.3 Å². The first kappa shape index (κ1) is 19.1. The summed E-state index contributed by atoms with van der Waals surface area (Å²) in [4.78, 5) is 32.9. The quantitative estimate of drug-likeness (QED) is 0.665. The SMILES string of the molecule is CCc1ccc(NC(=O)CN2C(=O)CC(c3cccs3)=Nc3ccccc32)cc1. The van der Waals surface area contributed by atoms with Gasteiger partial charge in [0.1, 0.15) is 6.54 Å². The average molecular weight is 404 g/mol. The number of benzene rings is 2. The molecule has 0 unspecified atom stereocenters. The molecule has 0 aliphatic carbocycles. The second-order valence-electron chi connectivity index (χ2n) is 6.78. The minimum Gasteiger partial charge on any atom is -0.325 e. The van der Waals surface area contributed by atoms with Crippen LogP contribution in [0.15, 0.2) is 71.0 Å². The zero-order chi connectivity index (χ0) is 20.2. The lowest BCUT2D eigenvalue weighted by atomic mass is 10.1. The normalized spacial score (nSPS) is 13.5. The molecule has 1 aliphatic rings. The number of aliphatic imine (C=N–C) groups is 1. The molecule has 1 aliphatic heterocycles. The van der Waals surface area contributed by atoms with Gasteiger partial charge in [-0.3, -0.25) is 9.59 Å². The van der Waals surface area contributed by atoms with Crippen molar-refractivity contribution in [1.29, 1.82) is 0 Å². The van der Waals surface area contributed by atoms with Crippen LogP contribution in [0.1, 0.15) is 23.8 Å². The van der Waals surface area contributed by atoms with Gasteiger partial charge in [0.15, 0.2) is 0 Å². The fraction of sp³-hybridized carbons (Fsp3) is 0.174. The van der Waals surface area contributed by atoms with E-state index in [2.05, 4.69) is 12.2 Å². The smallest absolute Gasteiger partial charge is 0.244 e. The van der Waals surface area contributed by atoms with Crippen molar-refractivity contribution in [3.8, 4) is 0 Å². The molecule has 2 aromatic carbocycles. The van der Waals surface area contributed by atoms with Gasteiger partial charge in [-0.1, -0.05) is 37.3 Å². The second-order valence-corrected chi connectivity index (χ2v) is 7.73. The Balaban J connectivity index is 1.56. The molecule has 0 radical (unpaired) electrons. The van der Waals surface area contributed by atoms with E-state index in [9.17, 15) is 9.59 Å². The van der Waals surface area contributed by atoms with Gasteiger partial charge >= 0.3 is 0 Å². The van der Waals surface area contributed by atoms with Crippen LogP contribution < -0.4 is 10.2 Å². The summed E-state index contributed by atoms with van der Waals surface area (Å²) in [6.45, 7) is 2.03. The maximum atomic E-state index is 13.0. The lowest BCUT2D eigenvalue weighted by molar-refractivity contribution is -0.120. The van der Waals surface area contributed by atoms with E-state index in [0.29, 0.717) is 11.4 Å². The monoisotopic (exact) mass is 403 g/mol. The average Bonchev–Trinajstić information content (AvgIpc) is 3.23. The van der Waals surface area contributed by atoms with Crippen LogP contribution in [-0.2, 0) is 16.0 Å². The highest BCUT2D eigenvalue weighted by atomic mass is 32.1. The summed E-state index contributed by atoms with van der Waals surface area (Å²) in [5.74, 6) is -0.379. The van der Waals surface area contributed by atoms with Crippen LogP contribution in [0.2, 0.25) is 0 Å². The number of para-hydroxylation sites is 2. The third-order valence-corrected chi connectivity index (χ3v) is 5.72. The van der Waals surface area contributed by atoms with E-state index >= 15 is 0 Å². The molecule has 0 saturated carbocycles. The zero-order valence-corrected chi connectivity index (χ0v) is 16.9. The van der Waals surface area contributed by atoms with Crippen molar-refractivity contribution < 1.29 is 9.59 Å². The fourth-order valence-electron chi connectivity index (χ4n) is 3.27. The number of carbonyl (C=O) groups excluding carboxylic acids is 2. The minimum atomic E-state index is -0.239. The van der Waals surface area contributed by atoms with Crippen LogP contribution in [0.25, 0.3) is 0 Å². The van der Waals surface area contributed by atoms with Gasteiger partial charge in [-0.15, -0.1) is 11.3 Å². The Bertz CT molecular complexity index is 1060. The molecule has 29 heavy (non-hydrogen) atoms. The Morgan fingerprint density at radius 1 is 1.10 bits per heavy atom. The Labute approximate surface area is 173 Å². The number of aryl methyl sites for hydroxylation is 1. The number of thiophene rings is 1. The third-order valence-electron chi connectivity index (χ3n) is 4.80. The van der Waals surface area contributed by atoms with Crippen LogP contribution in [0.3, 0.4) is 0 Å². The van der Waals surface area contributed by atoms with Crippen molar-refractivity contribution >= 4 is 45.9 Å². The van der Waals surface area contributed by atoms with Crippen molar-refractivity contribution in [2.24, 2.45) is 4.99 Å². The molecule has 146 valence electrons. The number of hydrogen-bond donors (Lipinski definition) is 1. The van der Waals surface area contributed by atoms with Crippen molar-refractivity contribution in [2.75, 3.05) is 16.8 Å². The molecule has 5 nitrogen and oxygen atoms in total. The van der Waals surface area contributed by atoms with Crippen LogP contribution >= 0.6 is 11.3 Å². The van der Waals surface area contributed by atoms with Gasteiger partial charge < -0.3 is 10.2 Å². The Morgan fingerprint density at radius 3 is 2.62 bits per heavy atom. The standard InChI is InChI=1S/C23H21N3O2S/c1-2-16-9-11-17(12-10-16)24-22(27)15-26-20-7-4-3-6-18(20)25-19(14-23(26)28)21-8-5-13-29-21/h3-13H,2,14-15H2,1H3,(H,24,27). The number of amides is 2. The van der Waals surface area contributed by atoms with Gasteiger partial charge in [0, 0.05) is 10.6 Å². The highest BCUT2D eigenvalue weighted by molar-refractivity contribution is 7.12. The molecular formula is C23H21N3O2S. The van der Waals surface area contributed by atoms with E-state index in [-0.39, 0.29) is 24.8 Å². The zero-order valence-electron chi connectivity index (χ0n) is 16.1. The summed E-state index contributed by atoms with van der Waals surface area (Å²) in [5.41, 5.74) is 4.01. The number of anilines is 2. The van der Waals surface area contributed by atoms with Gasteiger partial charge in [0.05, 0.1) is 23.5 Å². The fourth-order valence-corrected chi connectivity index (χ4v) is 3.99. The van der Waals surface area contributed by atoms with Gasteiger partial charge in [-0.05, 0) is 47.7 Å². The summed E-state index contributed by atoms with van der Waals surface area (Å²) in [6.07, 6.45) is 1.10. The van der Waals surface area contributed by atoms with Crippen molar-refractivity contribution in [3.05, 3.63) is 76.5 Å². The maximum absolute atomic E-state index is 13.0. The van der Waals surface area contributed by atoms with E-state index in [4.69, 9.17) is 4.99 Å². The van der Waals surface area contributed by atoms with Gasteiger partial charge in [0.2, 0.25) is 11.8 Å². The molecule has 6 heteroatoms. The van der Waals surface area contributed by atoms with Crippen LogP contribution in [0, 0.1) is 0 Å². The molecule has 1 N–H and O–H groups in total. The van der Waals surface area contributed by atoms with Gasteiger partial charge in [0.25, 0.3) is 0 Å².